The largest absolute Gasteiger partial charge is 0.462 e. The van der Waals surface area contributed by atoms with Crippen molar-refractivity contribution < 1.29 is 19.1 Å². The molecule has 19 heavy (non-hydrogen) atoms. The summed E-state index contributed by atoms with van der Waals surface area (Å²) in [5, 5.41) is 6.69. The van der Waals surface area contributed by atoms with Crippen LogP contribution in [0.1, 0.15) is 24.2 Å². The van der Waals surface area contributed by atoms with E-state index < -0.39 is 5.97 Å². The molecule has 0 saturated heterocycles. The van der Waals surface area contributed by atoms with Crippen molar-refractivity contribution in [3.05, 3.63) is 18.0 Å². The highest BCUT2D eigenvalue weighted by Crippen LogP contribution is 2.00. The van der Waals surface area contributed by atoms with Gasteiger partial charge in [0.05, 0.1) is 25.0 Å². The van der Waals surface area contributed by atoms with E-state index in [0.29, 0.717) is 18.8 Å². The molecular formula is C12H19N3O4. The molecular weight excluding hydrogens is 250 g/mol. The molecule has 7 heteroatoms. The van der Waals surface area contributed by atoms with E-state index in [1.54, 1.807) is 14.0 Å². The van der Waals surface area contributed by atoms with Crippen LogP contribution in [0, 0.1) is 0 Å². The lowest BCUT2D eigenvalue weighted by Crippen LogP contribution is -2.37. The number of nitrogens with one attached hydrogen (secondary N) is 1. The van der Waals surface area contributed by atoms with Gasteiger partial charge in [-0.3, -0.25) is 9.48 Å². The fourth-order valence-electron chi connectivity index (χ4n) is 1.53. The Kier molecular flexibility index (Phi) is 6.01. The first kappa shape index (κ1) is 15.2. The minimum absolute atomic E-state index is 0.0491. The van der Waals surface area contributed by atoms with Crippen molar-refractivity contribution in [1.82, 2.24) is 15.1 Å². The minimum atomic E-state index is -0.443. The Bertz CT molecular complexity index is 430. The van der Waals surface area contributed by atoms with Gasteiger partial charge in [0.1, 0.15) is 6.54 Å². The number of rotatable bonds is 7. The van der Waals surface area contributed by atoms with Gasteiger partial charge in [0.25, 0.3) is 0 Å². The van der Waals surface area contributed by atoms with Crippen LogP contribution in [0.25, 0.3) is 0 Å². The van der Waals surface area contributed by atoms with Gasteiger partial charge in [0.15, 0.2) is 0 Å². The minimum Gasteiger partial charge on any atom is -0.462 e. The zero-order chi connectivity index (χ0) is 14.3. The summed E-state index contributed by atoms with van der Waals surface area (Å²) in [5.74, 6) is -0.634. The van der Waals surface area contributed by atoms with Crippen LogP contribution in [-0.4, -0.2) is 48.0 Å². The monoisotopic (exact) mass is 269 g/mol. The van der Waals surface area contributed by atoms with Crippen molar-refractivity contribution in [2.75, 3.05) is 20.3 Å². The van der Waals surface area contributed by atoms with Crippen LogP contribution in [0.5, 0.6) is 0 Å². The summed E-state index contributed by atoms with van der Waals surface area (Å²) in [4.78, 5) is 23.1. The molecule has 106 valence electrons. The summed E-state index contributed by atoms with van der Waals surface area (Å²) in [6.45, 7) is 4.37. The normalized spacial score (nSPS) is 11.9. The van der Waals surface area contributed by atoms with Crippen LogP contribution >= 0.6 is 0 Å². The Morgan fingerprint density at radius 1 is 1.53 bits per heavy atom. The highest BCUT2D eigenvalue weighted by Gasteiger charge is 2.12. The van der Waals surface area contributed by atoms with Gasteiger partial charge in [-0.25, -0.2) is 4.79 Å². The van der Waals surface area contributed by atoms with Gasteiger partial charge in [-0.05, 0) is 13.8 Å². The molecule has 7 nitrogen and oxygen atoms in total. The van der Waals surface area contributed by atoms with E-state index in [9.17, 15) is 9.59 Å². The fraction of sp³-hybridized carbons (Fsp3) is 0.583. The molecule has 1 rings (SSSR count). The quantitative estimate of drug-likeness (QED) is 0.716. The van der Waals surface area contributed by atoms with E-state index in [4.69, 9.17) is 9.47 Å². The second-order valence-corrected chi connectivity index (χ2v) is 4.07. The fourth-order valence-corrected chi connectivity index (χ4v) is 1.53. The van der Waals surface area contributed by atoms with Crippen LogP contribution in [0.3, 0.4) is 0 Å². The average Bonchev–Trinajstić information content (AvgIpc) is 2.77. The van der Waals surface area contributed by atoms with E-state index in [2.05, 4.69) is 10.4 Å². The first-order chi connectivity index (χ1) is 9.06. The Balaban J connectivity index is 2.49. The number of esters is 1. The second-order valence-electron chi connectivity index (χ2n) is 4.07. The molecule has 0 aliphatic rings. The highest BCUT2D eigenvalue weighted by molar-refractivity contribution is 5.88. The smallest absolute Gasteiger partial charge is 0.341 e. The number of aromatic nitrogens is 2. The molecule has 1 unspecified atom stereocenters. The summed E-state index contributed by atoms with van der Waals surface area (Å²) in [7, 11) is 1.57. The molecule has 0 aliphatic heterocycles. The molecule has 0 fully saturated rings. The lowest BCUT2D eigenvalue weighted by Gasteiger charge is -2.12. The zero-order valence-electron chi connectivity index (χ0n) is 11.4. The molecule has 0 aliphatic carbocycles. The first-order valence-corrected chi connectivity index (χ1v) is 6.04. The molecule has 1 atom stereocenters. The van der Waals surface area contributed by atoms with Crippen molar-refractivity contribution in [3.8, 4) is 0 Å². The lowest BCUT2D eigenvalue weighted by molar-refractivity contribution is -0.122. The van der Waals surface area contributed by atoms with Crippen molar-refractivity contribution in [3.63, 3.8) is 0 Å². The van der Waals surface area contributed by atoms with Crippen LogP contribution < -0.4 is 5.32 Å². The number of ether oxygens (including phenoxy) is 2. The van der Waals surface area contributed by atoms with Crippen LogP contribution in [0.2, 0.25) is 0 Å². The molecule has 1 aromatic heterocycles. The van der Waals surface area contributed by atoms with Gasteiger partial charge in [-0.15, -0.1) is 0 Å². The van der Waals surface area contributed by atoms with Crippen molar-refractivity contribution in [2.45, 2.75) is 26.4 Å². The summed E-state index contributed by atoms with van der Waals surface area (Å²) >= 11 is 0. The Hall–Kier alpha value is -1.89. The zero-order valence-corrected chi connectivity index (χ0v) is 11.4. The third kappa shape index (κ3) is 5.09. The van der Waals surface area contributed by atoms with E-state index in [-0.39, 0.29) is 18.5 Å². The van der Waals surface area contributed by atoms with Gasteiger partial charge in [-0.1, -0.05) is 0 Å². The van der Waals surface area contributed by atoms with Crippen LogP contribution in [-0.2, 0) is 20.8 Å². The third-order valence-corrected chi connectivity index (χ3v) is 2.27. The van der Waals surface area contributed by atoms with Crippen molar-refractivity contribution in [1.29, 1.82) is 0 Å². The first-order valence-electron chi connectivity index (χ1n) is 6.04. The molecule has 1 heterocycles. The average molecular weight is 269 g/mol. The standard InChI is InChI=1S/C12H19N3O4/c1-4-19-12(17)10-5-13-15(6-10)7-11(16)14-9(2)8-18-3/h5-6,9H,4,7-8H2,1-3H3,(H,14,16). The highest BCUT2D eigenvalue weighted by atomic mass is 16.5. The number of carbonyl (C=O) groups is 2. The Labute approximate surface area is 111 Å². The van der Waals surface area contributed by atoms with Gasteiger partial charge < -0.3 is 14.8 Å². The number of hydrogen-bond donors (Lipinski definition) is 1. The summed E-state index contributed by atoms with van der Waals surface area (Å²) < 4.78 is 11.1. The van der Waals surface area contributed by atoms with Gasteiger partial charge in [-0.2, -0.15) is 5.10 Å². The van der Waals surface area contributed by atoms with Gasteiger partial charge >= 0.3 is 5.97 Å². The Morgan fingerprint density at radius 3 is 2.89 bits per heavy atom. The summed E-state index contributed by atoms with van der Waals surface area (Å²) in [6.07, 6.45) is 2.86. The maximum atomic E-state index is 11.7. The van der Waals surface area contributed by atoms with Crippen LogP contribution in [0.15, 0.2) is 12.4 Å². The number of amides is 1. The molecule has 0 spiro atoms. The SMILES string of the molecule is CCOC(=O)c1cnn(CC(=O)NC(C)COC)c1. The molecule has 0 bridgehead atoms. The summed E-state index contributed by atoms with van der Waals surface area (Å²) in [5.41, 5.74) is 0.333. The maximum Gasteiger partial charge on any atom is 0.341 e. The topological polar surface area (TPSA) is 82.5 Å². The number of methoxy groups -OCH3 is 1. The predicted octanol–water partition coefficient (Wildman–Crippen LogP) is 0.211. The third-order valence-electron chi connectivity index (χ3n) is 2.27. The van der Waals surface area contributed by atoms with E-state index in [1.165, 1.54) is 17.1 Å². The second kappa shape index (κ2) is 7.52. The van der Waals surface area contributed by atoms with Gasteiger partial charge in [0.2, 0.25) is 5.91 Å². The molecule has 1 aromatic rings. The lowest BCUT2D eigenvalue weighted by atomic mass is 10.3. The molecule has 0 saturated carbocycles. The predicted molar refractivity (Wildman–Crippen MR) is 67.7 cm³/mol. The number of carbonyl (C=O) groups excluding carboxylic acids is 2. The Morgan fingerprint density at radius 2 is 2.26 bits per heavy atom. The summed E-state index contributed by atoms with van der Waals surface area (Å²) in [6, 6.07) is -0.0717. The molecule has 0 radical (unpaired) electrons. The van der Waals surface area contributed by atoms with E-state index in [0.717, 1.165) is 0 Å². The molecule has 1 amide bonds. The van der Waals surface area contributed by atoms with E-state index in [1.807, 2.05) is 6.92 Å². The van der Waals surface area contributed by atoms with Gasteiger partial charge in [0, 0.05) is 19.3 Å². The number of hydrogen-bond acceptors (Lipinski definition) is 5. The number of nitrogens with zero attached hydrogens (tertiary/aromatic N) is 2. The van der Waals surface area contributed by atoms with E-state index >= 15 is 0 Å². The van der Waals surface area contributed by atoms with Crippen LogP contribution in [0.4, 0.5) is 0 Å². The maximum absolute atomic E-state index is 11.7. The molecule has 0 aromatic carbocycles. The van der Waals surface area contributed by atoms with Crippen molar-refractivity contribution >= 4 is 11.9 Å². The molecule has 1 N–H and O–H groups in total. The van der Waals surface area contributed by atoms with Crippen molar-refractivity contribution in [2.24, 2.45) is 0 Å².